The van der Waals surface area contributed by atoms with Gasteiger partial charge in [-0.3, -0.25) is 0 Å². The minimum Gasteiger partial charge on any atom is -0.489 e. The summed E-state index contributed by atoms with van der Waals surface area (Å²) in [6.45, 7) is 3.47. The van der Waals surface area contributed by atoms with Crippen LogP contribution in [0.15, 0.2) is 18.2 Å². The van der Waals surface area contributed by atoms with Crippen molar-refractivity contribution in [2.75, 3.05) is 18.2 Å². The Morgan fingerprint density at radius 1 is 1.50 bits per heavy atom. The van der Waals surface area contributed by atoms with Gasteiger partial charge in [0.1, 0.15) is 12.4 Å². The third-order valence-electron chi connectivity index (χ3n) is 2.01. The molecule has 0 saturated heterocycles. The third kappa shape index (κ3) is 1.12. The number of nitrogens with zero attached hydrogens (tertiary/aromatic N) is 1. The molecule has 0 aromatic heterocycles. The van der Waals surface area contributed by atoms with Gasteiger partial charge in [0, 0.05) is 0 Å². The first-order valence-corrected chi connectivity index (χ1v) is 4.03. The molecule has 1 aromatic rings. The number of ether oxygens (including phenoxy) is 1. The van der Waals surface area contributed by atoms with E-state index < -0.39 is 0 Å². The van der Waals surface area contributed by atoms with Gasteiger partial charge in [-0.2, -0.15) is 0 Å². The summed E-state index contributed by atoms with van der Waals surface area (Å²) in [5, 5.41) is 1.72. The first kappa shape index (κ1) is 7.43. The second-order valence-electron chi connectivity index (χ2n) is 3.01. The van der Waals surface area contributed by atoms with E-state index in [4.69, 9.17) is 10.6 Å². The van der Waals surface area contributed by atoms with Gasteiger partial charge in [-0.25, -0.2) is 5.84 Å². The summed E-state index contributed by atoms with van der Waals surface area (Å²) < 4.78 is 5.45. The Kier molecular flexibility index (Phi) is 1.66. The van der Waals surface area contributed by atoms with Gasteiger partial charge >= 0.3 is 0 Å². The van der Waals surface area contributed by atoms with E-state index in [1.165, 1.54) is 5.56 Å². The molecule has 3 nitrogen and oxygen atoms in total. The van der Waals surface area contributed by atoms with Crippen molar-refractivity contribution in [3.63, 3.8) is 0 Å². The Morgan fingerprint density at radius 3 is 3.17 bits per heavy atom. The van der Waals surface area contributed by atoms with Gasteiger partial charge in [0.15, 0.2) is 0 Å². The number of hydrazine groups is 1. The van der Waals surface area contributed by atoms with Gasteiger partial charge in [-0.15, -0.1) is 0 Å². The number of benzene rings is 1. The average molecular weight is 164 g/mol. The zero-order valence-corrected chi connectivity index (χ0v) is 7.08. The lowest BCUT2D eigenvalue weighted by Crippen LogP contribution is -2.38. The fourth-order valence-corrected chi connectivity index (χ4v) is 1.35. The van der Waals surface area contributed by atoms with E-state index in [0.717, 1.165) is 18.0 Å². The second kappa shape index (κ2) is 2.68. The zero-order chi connectivity index (χ0) is 8.55. The van der Waals surface area contributed by atoms with Crippen LogP contribution in [0.5, 0.6) is 5.75 Å². The van der Waals surface area contributed by atoms with Gasteiger partial charge < -0.3 is 9.75 Å². The fraction of sp³-hybridized carbons (Fsp3) is 0.333. The summed E-state index contributed by atoms with van der Waals surface area (Å²) in [6, 6.07) is 6.03. The molecular formula is C9H12N2O. The number of hydrogen-bond donors (Lipinski definition) is 1. The molecule has 0 aliphatic carbocycles. The summed E-state index contributed by atoms with van der Waals surface area (Å²) in [5.41, 5.74) is 2.18. The average Bonchev–Trinajstić information content (AvgIpc) is 2.04. The normalized spacial score (nSPS) is 15.3. The SMILES string of the molecule is Cc1ccc2c(c1)OCCN2N. The van der Waals surface area contributed by atoms with Crippen molar-refractivity contribution >= 4 is 5.69 Å². The molecule has 64 valence electrons. The van der Waals surface area contributed by atoms with Crippen LogP contribution in [0.25, 0.3) is 0 Å². The van der Waals surface area contributed by atoms with E-state index in [0.29, 0.717) is 6.61 Å². The predicted octanol–water partition coefficient (Wildman–Crippen LogP) is 1.07. The van der Waals surface area contributed by atoms with E-state index in [1.54, 1.807) is 5.01 Å². The highest BCUT2D eigenvalue weighted by Gasteiger charge is 2.14. The van der Waals surface area contributed by atoms with E-state index in [2.05, 4.69) is 0 Å². The molecule has 1 aromatic carbocycles. The summed E-state index contributed by atoms with van der Waals surface area (Å²) in [6.07, 6.45) is 0. The van der Waals surface area contributed by atoms with Crippen LogP contribution < -0.4 is 15.6 Å². The monoisotopic (exact) mass is 164 g/mol. The maximum Gasteiger partial charge on any atom is 0.144 e. The second-order valence-corrected chi connectivity index (χ2v) is 3.01. The fourth-order valence-electron chi connectivity index (χ4n) is 1.35. The van der Waals surface area contributed by atoms with E-state index >= 15 is 0 Å². The number of hydrogen-bond acceptors (Lipinski definition) is 3. The topological polar surface area (TPSA) is 38.5 Å². The Labute approximate surface area is 71.7 Å². The summed E-state index contributed by atoms with van der Waals surface area (Å²) in [7, 11) is 0. The number of nitrogens with two attached hydrogens (primary N) is 1. The van der Waals surface area contributed by atoms with Crippen molar-refractivity contribution < 1.29 is 4.74 Å². The molecule has 3 heteroatoms. The van der Waals surface area contributed by atoms with E-state index in [-0.39, 0.29) is 0 Å². The molecule has 0 atom stereocenters. The maximum atomic E-state index is 5.75. The third-order valence-corrected chi connectivity index (χ3v) is 2.01. The largest absolute Gasteiger partial charge is 0.489 e. The number of rotatable bonds is 0. The van der Waals surface area contributed by atoms with E-state index in [1.807, 2.05) is 25.1 Å². The quantitative estimate of drug-likeness (QED) is 0.583. The molecule has 0 amide bonds. The van der Waals surface area contributed by atoms with Crippen LogP contribution in [-0.4, -0.2) is 13.2 Å². The van der Waals surface area contributed by atoms with Crippen molar-refractivity contribution in [1.82, 2.24) is 0 Å². The van der Waals surface area contributed by atoms with Crippen LogP contribution in [-0.2, 0) is 0 Å². The van der Waals surface area contributed by atoms with Gasteiger partial charge in [0.2, 0.25) is 0 Å². The molecule has 2 rings (SSSR count). The molecule has 0 radical (unpaired) electrons. The number of anilines is 1. The smallest absolute Gasteiger partial charge is 0.144 e. The molecule has 1 heterocycles. The van der Waals surface area contributed by atoms with Crippen molar-refractivity contribution in [2.24, 2.45) is 5.84 Å². The Morgan fingerprint density at radius 2 is 2.33 bits per heavy atom. The van der Waals surface area contributed by atoms with E-state index in [9.17, 15) is 0 Å². The Bertz CT molecular complexity index is 299. The minimum atomic E-state index is 0.674. The Hall–Kier alpha value is -1.22. The molecule has 1 aliphatic heterocycles. The lowest BCUT2D eigenvalue weighted by molar-refractivity contribution is 0.308. The van der Waals surface area contributed by atoms with Crippen molar-refractivity contribution in [3.8, 4) is 5.75 Å². The summed E-state index contributed by atoms with van der Waals surface area (Å²) in [5.74, 6) is 6.64. The molecule has 0 fully saturated rings. The molecule has 1 aliphatic rings. The highest BCUT2D eigenvalue weighted by molar-refractivity contribution is 5.59. The predicted molar refractivity (Wildman–Crippen MR) is 48.2 cm³/mol. The molecule has 12 heavy (non-hydrogen) atoms. The number of fused-ring (bicyclic) bond motifs is 1. The number of aryl methyl sites for hydroxylation is 1. The first-order chi connectivity index (χ1) is 5.77. The summed E-state index contributed by atoms with van der Waals surface area (Å²) >= 11 is 0. The molecule has 0 bridgehead atoms. The highest BCUT2D eigenvalue weighted by atomic mass is 16.5. The highest BCUT2D eigenvalue weighted by Crippen LogP contribution is 2.30. The van der Waals surface area contributed by atoms with Gasteiger partial charge in [0.25, 0.3) is 0 Å². The van der Waals surface area contributed by atoms with Crippen LogP contribution >= 0.6 is 0 Å². The summed E-state index contributed by atoms with van der Waals surface area (Å²) in [4.78, 5) is 0. The molecule has 0 unspecified atom stereocenters. The maximum absolute atomic E-state index is 5.75. The van der Waals surface area contributed by atoms with Crippen molar-refractivity contribution in [2.45, 2.75) is 6.92 Å². The van der Waals surface area contributed by atoms with Crippen LogP contribution in [0.4, 0.5) is 5.69 Å². The van der Waals surface area contributed by atoms with Crippen molar-refractivity contribution in [1.29, 1.82) is 0 Å². The Balaban J connectivity index is 2.46. The standard InChI is InChI=1S/C9H12N2O/c1-7-2-3-8-9(6-7)12-5-4-11(8)10/h2-3,6H,4-5,10H2,1H3. The molecule has 2 N–H and O–H groups in total. The van der Waals surface area contributed by atoms with Gasteiger partial charge in [-0.1, -0.05) is 6.07 Å². The van der Waals surface area contributed by atoms with Gasteiger partial charge in [0.05, 0.1) is 12.2 Å². The molecular weight excluding hydrogens is 152 g/mol. The van der Waals surface area contributed by atoms with Gasteiger partial charge in [-0.05, 0) is 24.6 Å². The van der Waals surface area contributed by atoms with Crippen LogP contribution in [0, 0.1) is 6.92 Å². The first-order valence-electron chi connectivity index (χ1n) is 4.03. The molecule has 0 spiro atoms. The van der Waals surface area contributed by atoms with Crippen LogP contribution in [0.3, 0.4) is 0 Å². The lowest BCUT2D eigenvalue weighted by Gasteiger charge is -2.27. The molecule has 0 saturated carbocycles. The minimum absolute atomic E-state index is 0.674. The van der Waals surface area contributed by atoms with Crippen LogP contribution in [0.1, 0.15) is 5.56 Å². The lowest BCUT2D eigenvalue weighted by atomic mass is 10.2. The zero-order valence-electron chi connectivity index (χ0n) is 7.08. The van der Waals surface area contributed by atoms with Crippen LogP contribution in [0.2, 0.25) is 0 Å². The van der Waals surface area contributed by atoms with Crippen molar-refractivity contribution in [3.05, 3.63) is 23.8 Å².